The molecule has 2 rings (SSSR count). The van der Waals surface area contributed by atoms with Crippen molar-refractivity contribution < 1.29 is 9.90 Å². The molecule has 4 heteroatoms. The molecule has 0 bridgehead atoms. The van der Waals surface area contributed by atoms with Gasteiger partial charge in [0.1, 0.15) is 0 Å². The number of rotatable bonds is 3. The first-order valence-electron chi connectivity index (χ1n) is 6.10. The highest BCUT2D eigenvalue weighted by Crippen LogP contribution is 2.31. The van der Waals surface area contributed by atoms with E-state index in [9.17, 15) is 4.79 Å². The van der Waals surface area contributed by atoms with Crippen molar-refractivity contribution in [2.75, 3.05) is 13.1 Å². The van der Waals surface area contributed by atoms with Gasteiger partial charge >= 0.3 is 5.97 Å². The number of piperidine rings is 1. The lowest BCUT2D eigenvalue weighted by Crippen LogP contribution is -2.37. The van der Waals surface area contributed by atoms with Crippen molar-refractivity contribution in [3.8, 4) is 0 Å². The third kappa shape index (κ3) is 2.69. The second-order valence-corrected chi connectivity index (χ2v) is 5.74. The van der Waals surface area contributed by atoms with Gasteiger partial charge in [-0.2, -0.15) is 0 Å². The van der Waals surface area contributed by atoms with Crippen molar-refractivity contribution >= 4 is 17.3 Å². The lowest BCUT2D eigenvalue weighted by Gasteiger charge is -2.34. The van der Waals surface area contributed by atoms with Gasteiger partial charge in [-0.1, -0.05) is 0 Å². The Morgan fingerprint density at radius 1 is 1.53 bits per heavy atom. The molecule has 1 unspecified atom stereocenters. The molecule has 2 heterocycles. The van der Waals surface area contributed by atoms with Crippen molar-refractivity contribution in [1.29, 1.82) is 0 Å². The van der Waals surface area contributed by atoms with Crippen molar-refractivity contribution in [3.05, 3.63) is 21.9 Å². The first kappa shape index (κ1) is 12.6. The number of carboxylic acid groups (broad SMARTS) is 1. The van der Waals surface area contributed by atoms with Crippen LogP contribution in [0.2, 0.25) is 0 Å². The van der Waals surface area contributed by atoms with Crippen LogP contribution in [-0.2, 0) is 4.79 Å². The third-order valence-electron chi connectivity index (χ3n) is 3.71. The molecule has 3 nitrogen and oxygen atoms in total. The zero-order valence-corrected chi connectivity index (χ0v) is 11.2. The van der Waals surface area contributed by atoms with Crippen LogP contribution in [0, 0.1) is 12.8 Å². The molecule has 1 aromatic heterocycles. The fourth-order valence-corrected chi connectivity index (χ4v) is 3.53. The number of carbonyl (C=O) groups is 1. The number of hydrogen-bond donors (Lipinski definition) is 1. The topological polar surface area (TPSA) is 40.5 Å². The Balaban J connectivity index is 1.97. The highest BCUT2D eigenvalue weighted by atomic mass is 32.1. The standard InChI is InChI=1S/C13H19NO2S/c1-9-5-8-17-12(9)10(2)14-6-3-11(4-7-14)13(15)16/h5,8,10-11H,3-4,6-7H2,1-2H3,(H,15,16). The first-order chi connectivity index (χ1) is 8.09. The van der Waals surface area contributed by atoms with Gasteiger partial charge in [0.15, 0.2) is 0 Å². The number of carboxylic acids is 1. The summed E-state index contributed by atoms with van der Waals surface area (Å²) in [5.74, 6) is -0.771. The van der Waals surface area contributed by atoms with E-state index in [-0.39, 0.29) is 5.92 Å². The summed E-state index contributed by atoms with van der Waals surface area (Å²) in [4.78, 5) is 14.7. The molecule has 0 spiro atoms. The predicted octanol–water partition coefficient (Wildman–Crippen LogP) is 2.91. The molecule has 0 aromatic carbocycles. The molecule has 1 aliphatic rings. The zero-order valence-electron chi connectivity index (χ0n) is 10.3. The number of thiophene rings is 1. The number of aryl methyl sites for hydroxylation is 1. The second kappa shape index (κ2) is 5.19. The lowest BCUT2D eigenvalue weighted by atomic mass is 9.96. The van der Waals surface area contributed by atoms with Crippen LogP contribution in [0.3, 0.4) is 0 Å². The summed E-state index contributed by atoms with van der Waals surface area (Å²) < 4.78 is 0. The zero-order chi connectivity index (χ0) is 12.4. The molecule has 1 aliphatic heterocycles. The summed E-state index contributed by atoms with van der Waals surface area (Å²) in [7, 11) is 0. The van der Waals surface area contributed by atoms with Crippen LogP contribution in [0.15, 0.2) is 11.4 Å². The molecule has 1 N–H and O–H groups in total. The SMILES string of the molecule is Cc1ccsc1C(C)N1CCC(C(=O)O)CC1. The Labute approximate surface area is 106 Å². The van der Waals surface area contributed by atoms with E-state index < -0.39 is 5.97 Å². The van der Waals surface area contributed by atoms with E-state index in [2.05, 4.69) is 30.2 Å². The summed E-state index contributed by atoms with van der Waals surface area (Å²) in [5, 5.41) is 11.1. The third-order valence-corrected chi connectivity index (χ3v) is 4.90. The van der Waals surface area contributed by atoms with Gasteiger partial charge in [0.2, 0.25) is 0 Å². The van der Waals surface area contributed by atoms with Gasteiger partial charge in [0.05, 0.1) is 5.92 Å². The number of aliphatic carboxylic acids is 1. The predicted molar refractivity (Wildman–Crippen MR) is 69.4 cm³/mol. The van der Waals surface area contributed by atoms with Gasteiger partial charge < -0.3 is 5.11 Å². The maximum Gasteiger partial charge on any atom is 0.306 e. The molecule has 0 saturated carbocycles. The molecule has 1 saturated heterocycles. The maximum atomic E-state index is 10.9. The van der Waals surface area contributed by atoms with E-state index in [1.807, 2.05) is 0 Å². The molecular weight excluding hydrogens is 234 g/mol. The van der Waals surface area contributed by atoms with Gasteiger partial charge in [-0.3, -0.25) is 9.69 Å². The van der Waals surface area contributed by atoms with E-state index in [0.29, 0.717) is 6.04 Å². The summed E-state index contributed by atoms with van der Waals surface area (Å²) >= 11 is 1.80. The van der Waals surface area contributed by atoms with E-state index in [1.54, 1.807) is 11.3 Å². The van der Waals surface area contributed by atoms with Gasteiger partial charge in [0.25, 0.3) is 0 Å². The van der Waals surface area contributed by atoms with Crippen LogP contribution < -0.4 is 0 Å². The normalized spacial score (nSPS) is 20.4. The van der Waals surface area contributed by atoms with Crippen molar-refractivity contribution in [3.63, 3.8) is 0 Å². The molecule has 94 valence electrons. The smallest absolute Gasteiger partial charge is 0.306 e. The summed E-state index contributed by atoms with van der Waals surface area (Å²) in [6.45, 7) is 6.16. The summed E-state index contributed by atoms with van der Waals surface area (Å²) in [5.41, 5.74) is 1.35. The Kier molecular flexibility index (Phi) is 3.84. The van der Waals surface area contributed by atoms with Crippen LogP contribution in [0.25, 0.3) is 0 Å². The first-order valence-corrected chi connectivity index (χ1v) is 6.98. The highest BCUT2D eigenvalue weighted by Gasteiger charge is 2.28. The van der Waals surface area contributed by atoms with Crippen molar-refractivity contribution in [1.82, 2.24) is 4.90 Å². The van der Waals surface area contributed by atoms with Crippen molar-refractivity contribution in [2.45, 2.75) is 32.7 Å². The molecule has 17 heavy (non-hydrogen) atoms. The van der Waals surface area contributed by atoms with E-state index in [0.717, 1.165) is 25.9 Å². The molecule has 0 amide bonds. The largest absolute Gasteiger partial charge is 0.481 e. The van der Waals surface area contributed by atoms with E-state index in [1.165, 1.54) is 10.4 Å². The van der Waals surface area contributed by atoms with Gasteiger partial charge in [-0.15, -0.1) is 11.3 Å². The minimum Gasteiger partial charge on any atom is -0.481 e. The lowest BCUT2D eigenvalue weighted by molar-refractivity contribution is -0.143. The van der Waals surface area contributed by atoms with Crippen LogP contribution in [-0.4, -0.2) is 29.1 Å². The van der Waals surface area contributed by atoms with E-state index >= 15 is 0 Å². The van der Waals surface area contributed by atoms with E-state index in [4.69, 9.17) is 5.11 Å². The second-order valence-electron chi connectivity index (χ2n) is 4.79. The fourth-order valence-electron chi connectivity index (χ4n) is 2.51. The molecule has 1 aromatic rings. The number of nitrogens with zero attached hydrogens (tertiary/aromatic N) is 1. The quantitative estimate of drug-likeness (QED) is 0.900. The summed E-state index contributed by atoms with van der Waals surface area (Å²) in [6.07, 6.45) is 1.56. The molecule has 1 atom stereocenters. The minimum atomic E-state index is -0.635. The highest BCUT2D eigenvalue weighted by molar-refractivity contribution is 7.10. The maximum absolute atomic E-state index is 10.9. The molecular formula is C13H19NO2S. The van der Waals surface area contributed by atoms with Crippen LogP contribution in [0.1, 0.15) is 36.2 Å². The van der Waals surface area contributed by atoms with Gasteiger partial charge in [-0.05, 0) is 56.8 Å². The molecule has 0 radical (unpaired) electrons. The Hall–Kier alpha value is -0.870. The van der Waals surface area contributed by atoms with Gasteiger partial charge in [0, 0.05) is 10.9 Å². The fraction of sp³-hybridized carbons (Fsp3) is 0.615. The Morgan fingerprint density at radius 3 is 2.65 bits per heavy atom. The number of likely N-dealkylation sites (tertiary alicyclic amines) is 1. The Morgan fingerprint density at radius 2 is 2.18 bits per heavy atom. The average molecular weight is 253 g/mol. The number of hydrogen-bond acceptors (Lipinski definition) is 3. The molecule has 1 fully saturated rings. The van der Waals surface area contributed by atoms with Crippen molar-refractivity contribution in [2.24, 2.45) is 5.92 Å². The van der Waals surface area contributed by atoms with Crippen LogP contribution >= 0.6 is 11.3 Å². The Bertz CT molecular complexity index is 394. The average Bonchev–Trinajstić information content (AvgIpc) is 2.74. The van der Waals surface area contributed by atoms with Gasteiger partial charge in [-0.25, -0.2) is 0 Å². The molecule has 0 aliphatic carbocycles. The van der Waals surface area contributed by atoms with Crippen LogP contribution in [0.4, 0.5) is 0 Å². The monoisotopic (exact) mass is 253 g/mol. The summed E-state index contributed by atoms with van der Waals surface area (Å²) in [6, 6.07) is 2.57. The van der Waals surface area contributed by atoms with Crippen LogP contribution in [0.5, 0.6) is 0 Å². The minimum absolute atomic E-state index is 0.136.